The van der Waals surface area contributed by atoms with Gasteiger partial charge in [-0.15, -0.1) is 0 Å². The fourth-order valence-electron chi connectivity index (χ4n) is 2.90. The SMILES string of the molecule is C=C(OC)c1cnc(-c2cccc(CCC)c2)cc1CN(CCC)SI. The summed E-state index contributed by atoms with van der Waals surface area (Å²) in [5, 5.41) is 0. The molecule has 0 aliphatic rings. The summed E-state index contributed by atoms with van der Waals surface area (Å²) in [5.74, 6) is 0.661. The average molecular weight is 482 g/mol. The Morgan fingerprint density at radius 1 is 1.27 bits per heavy atom. The minimum Gasteiger partial charge on any atom is -0.497 e. The number of pyridine rings is 1. The van der Waals surface area contributed by atoms with Gasteiger partial charge in [-0.25, -0.2) is 4.31 Å². The molecule has 5 heteroatoms. The van der Waals surface area contributed by atoms with Gasteiger partial charge in [0, 0.05) is 51.6 Å². The van der Waals surface area contributed by atoms with E-state index in [1.807, 2.05) is 6.20 Å². The lowest BCUT2D eigenvalue weighted by Crippen LogP contribution is -2.16. The molecule has 0 amide bonds. The van der Waals surface area contributed by atoms with Crippen molar-refractivity contribution in [3.8, 4) is 11.3 Å². The van der Waals surface area contributed by atoms with Crippen molar-refractivity contribution in [2.45, 2.75) is 39.7 Å². The van der Waals surface area contributed by atoms with Crippen molar-refractivity contribution in [2.24, 2.45) is 0 Å². The molecule has 0 saturated heterocycles. The summed E-state index contributed by atoms with van der Waals surface area (Å²) in [6.07, 6.45) is 5.25. The topological polar surface area (TPSA) is 25.4 Å². The zero-order valence-electron chi connectivity index (χ0n) is 15.8. The second-order valence-corrected chi connectivity index (χ2v) is 8.07. The predicted molar refractivity (Wildman–Crippen MR) is 122 cm³/mol. The Hall–Kier alpha value is -1.05. The highest BCUT2D eigenvalue weighted by Crippen LogP contribution is 2.29. The summed E-state index contributed by atoms with van der Waals surface area (Å²) in [6.45, 7) is 10.3. The molecule has 1 heterocycles. The standard InChI is InChI=1S/C21H27IN2OS/c1-5-8-17-9-7-10-18(12-17)21-13-19(15-24(26-22)11-6-2)20(14-23-21)16(3)25-4/h7,9-10,12-14H,3,5-6,8,11,15H2,1-2,4H3. The van der Waals surface area contributed by atoms with Gasteiger partial charge >= 0.3 is 0 Å². The zero-order chi connectivity index (χ0) is 18.9. The maximum Gasteiger partial charge on any atom is 0.120 e. The highest BCUT2D eigenvalue weighted by molar-refractivity contribution is 14.2. The first kappa shape index (κ1) is 21.3. The van der Waals surface area contributed by atoms with Gasteiger partial charge < -0.3 is 4.74 Å². The Balaban J connectivity index is 2.41. The third kappa shape index (κ3) is 5.72. The van der Waals surface area contributed by atoms with Crippen molar-refractivity contribution in [1.29, 1.82) is 0 Å². The Kier molecular flexibility index (Phi) is 8.95. The van der Waals surface area contributed by atoms with Crippen molar-refractivity contribution < 1.29 is 4.74 Å². The van der Waals surface area contributed by atoms with Crippen molar-refractivity contribution in [2.75, 3.05) is 13.7 Å². The predicted octanol–water partition coefficient (Wildman–Crippen LogP) is 6.53. The summed E-state index contributed by atoms with van der Waals surface area (Å²) in [5.41, 5.74) is 5.69. The number of hydrogen-bond donors (Lipinski definition) is 0. The highest BCUT2D eigenvalue weighted by Gasteiger charge is 2.14. The maximum atomic E-state index is 5.39. The Morgan fingerprint density at radius 3 is 2.73 bits per heavy atom. The minimum atomic E-state index is 0.661. The molecule has 140 valence electrons. The van der Waals surface area contributed by atoms with Gasteiger partial charge in [0.15, 0.2) is 0 Å². The van der Waals surface area contributed by atoms with Crippen molar-refractivity contribution in [1.82, 2.24) is 9.29 Å². The first-order chi connectivity index (χ1) is 12.6. The molecule has 0 fully saturated rings. The van der Waals surface area contributed by atoms with E-state index in [0.717, 1.165) is 49.2 Å². The Labute approximate surface area is 174 Å². The van der Waals surface area contributed by atoms with Crippen LogP contribution in [0.4, 0.5) is 0 Å². The van der Waals surface area contributed by atoms with E-state index in [4.69, 9.17) is 9.72 Å². The monoisotopic (exact) mass is 482 g/mol. The van der Waals surface area contributed by atoms with Gasteiger partial charge in [-0.3, -0.25) is 4.98 Å². The van der Waals surface area contributed by atoms with Crippen LogP contribution in [0.15, 0.2) is 43.1 Å². The van der Waals surface area contributed by atoms with Crippen LogP contribution in [0.2, 0.25) is 0 Å². The molecule has 0 N–H and O–H groups in total. The van der Waals surface area contributed by atoms with E-state index in [0.29, 0.717) is 5.76 Å². The van der Waals surface area contributed by atoms with E-state index in [1.165, 1.54) is 11.1 Å². The van der Waals surface area contributed by atoms with Gasteiger partial charge in [0.1, 0.15) is 5.76 Å². The van der Waals surface area contributed by atoms with Crippen molar-refractivity contribution in [3.63, 3.8) is 0 Å². The first-order valence-corrected chi connectivity index (χ1v) is 12.3. The largest absolute Gasteiger partial charge is 0.497 e. The van der Waals surface area contributed by atoms with Crippen LogP contribution in [0.5, 0.6) is 0 Å². The van der Waals surface area contributed by atoms with Gasteiger partial charge in [0.05, 0.1) is 12.8 Å². The molecule has 0 unspecified atom stereocenters. The van der Waals surface area contributed by atoms with E-state index < -0.39 is 0 Å². The number of rotatable bonds is 10. The van der Waals surface area contributed by atoms with Crippen LogP contribution in [0.1, 0.15) is 43.4 Å². The molecular formula is C21H27IN2OS. The normalized spacial score (nSPS) is 11.0. The molecule has 1 aromatic carbocycles. The number of ether oxygens (including phenoxy) is 1. The molecule has 0 aliphatic heterocycles. The second kappa shape index (κ2) is 10.9. The van der Waals surface area contributed by atoms with E-state index in [2.05, 4.69) is 76.3 Å². The number of hydrogen-bond acceptors (Lipinski definition) is 4. The quantitative estimate of drug-likeness (QED) is 0.219. The van der Waals surface area contributed by atoms with E-state index in [-0.39, 0.29) is 0 Å². The molecule has 3 nitrogen and oxygen atoms in total. The van der Waals surface area contributed by atoms with Gasteiger partial charge in [-0.05, 0) is 45.2 Å². The molecule has 2 aromatic rings. The fraction of sp³-hybridized carbons (Fsp3) is 0.381. The van der Waals surface area contributed by atoms with Crippen LogP contribution in [-0.2, 0) is 17.7 Å². The zero-order valence-corrected chi connectivity index (χ0v) is 18.8. The van der Waals surface area contributed by atoms with Crippen LogP contribution < -0.4 is 0 Å². The molecule has 0 aliphatic carbocycles. The third-order valence-electron chi connectivity index (χ3n) is 4.22. The van der Waals surface area contributed by atoms with Crippen LogP contribution in [-0.4, -0.2) is 22.9 Å². The lowest BCUT2D eigenvalue weighted by molar-refractivity contribution is 0.369. The summed E-state index contributed by atoms with van der Waals surface area (Å²) in [7, 11) is 3.40. The lowest BCUT2D eigenvalue weighted by Gasteiger charge is -2.20. The summed E-state index contributed by atoms with van der Waals surface area (Å²) >= 11 is 2.34. The molecule has 0 bridgehead atoms. The van der Waals surface area contributed by atoms with E-state index in [1.54, 1.807) is 16.2 Å². The molecule has 2 rings (SSSR count). The van der Waals surface area contributed by atoms with Gasteiger partial charge in [-0.2, -0.15) is 0 Å². The summed E-state index contributed by atoms with van der Waals surface area (Å²) in [6, 6.07) is 10.9. The Morgan fingerprint density at radius 2 is 2.08 bits per heavy atom. The maximum absolute atomic E-state index is 5.39. The first-order valence-electron chi connectivity index (χ1n) is 8.98. The van der Waals surface area contributed by atoms with Crippen LogP contribution >= 0.6 is 30.3 Å². The fourth-order valence-corrected chi connectivity index (χ4v) is 4.35. The Bertz CT molecular complexity index is 736. The molecule has 0 atom stereocenters. The van der Waals surface area contributed by atoms with E-state index >= 15 is 0 Å². The minimum absolute atomic E-state index is 0.661. The molecular weight excluding hydrogens is 455 g/mol. The van der Waals surface area contributed by atoms with Crippen molar-refractivity contribution >= 4 is 36.1 Å². The van der Waals surface area contributed by atoms with Crippen molar-refractivity contribution in [3.05, 3.63) is 59.8 Å². The van der Waals surface area contributed by atoms with Crippen LogP contribution in [0.3, 0.4) is 0 Å². The van der Waals surface area contributed by atoms with E-state index in [9.17, 15) is 0 Å². The highest BCUT2D eigenvalue weighted by atomic mass is 127. The van der Waals surface area contributed by atoms with Gasteiger partial charge in [0.2, 0.25) is 0 Å². The van der Waals surface area contributed by atoms with Gasteiger partial charge in [0.25, 0.3) is 0 Å². The number of aryl methyl sites for hydroxylation is 1. The number of benzene rings is 1. The van der Waals surface area contributed by atoms with Crippen LogP contribution in [0.25, 0.3) is 17.0 Å². The van der Waals surface area contributed by atoms with Crippen LogP contribution in [0, 0.1) is 0 Å². The third-order valence-corrected chi connectivity index (χ3v) is 6.39. The molecule has 0 saturated carbocycles. The molecule has 0 spiro atoms. The molecule has 26 heavy (non-hydrogen) atoms. The number of aromatic nitrogens is 1. The lowest BCUT2D eigenvalue weighted by atomic mass is 10.0. The number of halogens is 1. The number of methoxy groups -OCH3 is 1. The van der Waals surface area contributed by atoms with Gasteiger partial charge in [-0.1, -0.05) is 45.0 Å². The second-order valence-electron chi connectivity index (χ2n) is 6.24. The summed E-state index contributed by atoms with van der Waals surface area (Å²) < 4.78 is 7.73. The number of nitrogens with zero attached hydrogens (tertiary/aromatic N) is 2. The average Bonchev–Trinajstić information content (AvgIpc) is 2.67. The smallest absolute Gasteiger partial charge is 0.120 e. The molecule has 0 radical (unpaired) electrons. The molecule has 1 aromatic heterocycles. The summed E-state index contributed by atoms with van der Waals surface area (Å²) in [4.78, 5) is 4.69.